The smallest absolute Gasteiger partial charge is 0.163 e. The molecule has 1 fully saturated rings. The first-order chi connectivity index (χ1) is 10.3. The Balaban J connectivity index is 1.51. The van der Waals surface area contributed by atoms with Crippen LogP contribution in [0.1, 0.15) is 22.3 Å². The largest absolute Gasteiger partial charge is 0.491 e. The van der Waals surface area contributed by atoms with Gasteiger partial charge in [0, 0.05) is 12.0 Å². The zero-order valence-electron chi connectivity index (χ0n) is 11.8. The van der Waals surface area contributed by atoms with Crippen LogP contribution >= 0.6 is 0 Å². The highest BCUT2D eigenvalue weighted by Gasteiger charge is 2.23. The van der Waals surface area contributed by atoms with Gasteiger partial charge in [0.2, 0.25) is 0 Å². The molecular formula is C18H18O3. The number of hydrogen-bond acceptors (Lipinski definition) is 3. The van der Waals surface area contributed by atoms with Gasteiger partial charge in [-0.1, -0.05) is 30.3 Å². The molecule has 2 aromatic rings. The summed E-state index contributed by atoms with van der Waals surface area (Å²) in [6.07, 6.45) is 1.55. The van der Waals surface area contributed by atoms with Crippen LogP contribution in [0.5, 0.6) is 5.75 Å². The van der Waals surface area contributed by atoms with Gasteiger partial charge in [-0.3, -0.25) is 4.79 Å². The molecule has 3 heteroatoms. The van der Waals surface area contributed by atoms with Crippen LogP contribution in [0.2, 0.25) is 0 Å². The van der Waals surface area contributed by atoms with Crippen molar-refractivity contribution in [3.8, 4) is 5.75 Å². The van der Waals surface area contributed by atoms with E-state index in [1.54, 1.807) is 0 Å². The summed E-state index contributed by atoms with van der Waals surface area (Å²) in [6, 6.07) is 17.4. The van der Waals surface area contributed by atoms with E-state index >= 15 is 0 Å². The van der Waals surface area contributed by atoms with Gasteiger partial charge in [-0.05, 0) is 36.2 Å². The maximum Gasteiger partial charge on any atom is 0.163 e. The maximum absolute atomic E-state index is 12.1. The highest BCUT2D eigenvalue weighted by atomic mass is 16.6. The van der Waals surface area contributed by atoms with Crippen molar-refractivity contribution in [3.05, 3.63) is 65.7 Å². The number of carbonyl (C=O) groups is 1. The number of epoxide rings is 1. The summed E-state index contributed by atoms with van der Waals surface area (Å²) in [6.45, 7) is 1.37. The minimum atomic E-state index is 0.163. The monoisotopic (exact) mass is 282 g/mol. The lowest BCUT2D eigenvalue weighted by Crippen LogP contribution is -2.05. The molecule has 2 aromatic carbocycles. The van der Waals surface area contributed by atoms with Crippen molar-refractivity contribution in [1.29, 1.82) is 0 Å². The van der Waals surface area contributed by atoms with E-state index in [2.05, 4.69) is 0 Å². The highest BCUT2D eigenvalue weighted by Crippen LogP contribution is 2.17. The lowest BCUT2D eigenvalue weighted by molar-refractivity contribution is 0.0983. The summed E-state index contributed by atoms with van der Waals surface area (Å²) in [5.74, 6) is 0.945. The summed E-state index contributed by atoms with van der Waals surface area (Å²) in [5.41, 5.74) is 1.93. The SMILES string of the molecule is O=C(CCc1ccccc1)c1ccc(OC[C@H]2CO2)cc1. The molecule has 3 nitrogen and oxygen atoms in total. The molecule has 0 aliphatic carbocycles. The summed E-state index contributed by atoms with van der Waals surface area (Å²) in [7, 11) is 0. The summed E-state index contributed by atoms with van der Waals surface area (Å²) in [5, 5.41) is 0. The van der Waals surface area contributed by atoms with Crippen LogP contribution in [0.4, 0.5) is 0 Å². The number of hydrogen-bond donors (Lipinski definition) is 0. The predicted octanol–water partition coefficient (Wildman–Crippen LogP) is 3.28. The van der Waals surface area contributed by atoms with E-state index < -0.39 is 0 Å². The third kappa shape index (κ3) is 4.17. The van der Waals surface area contributed by atoms with Crippen LogP contribution in [-0.2, 0) is 11.2 Å². The van der Waals surface area contributed by atoms with Gasteiger partial charge in [0.25, 0.3) is 0 Å². The van der Waals surface area contributed by atoms with Gasteiger partial charge in [0.05, 0.1) is 6.61 Å². The molecule has 0 saturated carbocycles. The van der Waals surface area contributed by atoms with Gasteiger partial charge in [0.15, 0.2) is 5.78 Å². The molecule has 0 amide bonds. The van der Waals surface area contributed by atoms with Gasteiger partial charge in [-0.25, -0.2) is 0 Å². The van der Waals surface area contributed by atoms with E-state index in [1.807, 2.05) is 54.6 Å². The van der Waals surface area contributed by atoms with Crippen molar-refractivity contribution >= 4 is 5.78 Å². The Morgan fingerprint density at radius 2 is 1.81 bits per heavy atom. The van der Waals surface area contributed by atoms with Crippen molar-refractivity contribution in [2.24, 2.45) is 0 Å². The minimum absolute atomic E-state index is 0.163. The zero-order chi connectivity index (χ0) is 14.5. The molecule has 1 heterocycles. The molecule has 0 spiro atoms. The Bertz CT molecular complexity index is 586. The minimum Gasteiger partial charge on any atom is -0.491 e. The molecule has 108 valence electrons. The first-order valence-electron chi connectivity index (χ1n) is 7.23. The highest BCUT2D eigenvalue weighted by molar-refractivity contribution is 5.96. The molecule has 0 bridgehead atoms. The maximum atomic E-state index is 12.1. The fourth-order valence-corrected chi connectivity index (χ4v) is 2.14. The van der Waals surface area contributed by atoms with Crippen LogP contribution in [-0.4, -0.2) is 25.1 Å². The molecule has 3 rings (SSSR count). The number of Topliss-reactive ketones (excluding diaryl/α,β-unsaturated/α-hetero) is 1. The zero-order valence-corrected chi connectivity index (χ0v) is 11.8. The lowest BCUT2D eigenvalue weighted by atomic mass is 10.0. The van der Waals surface area contributed by atoms with E-state index in [4.69, 9.17) is 9.47 Å². The summed E-state index contributed by atoms with van der Waals surface area (Å²) in [4.78, 5) is 12.1. The number of rotatable bonds is 7. The van der Waals surface area contributed by atoms with Crippen molar-refractivity contribution < 1.29 is 14.3 Å². The van der Waals surface area contributed by atoms with Crippen molar-refractivity contribution in [2.75, 3.05) is 13.2 Å². The normalized spacial score (nSPS) is 16.5. The van der Waals surface area contributed by atoms with E-state index in [1.165, 1.54) is 5.56 Å². The molecule has 0 N–H and O–H groups in total. The molecule has 0 radical (unpaired) electrons. The second-order valence-corrected chi connectivity index (χ2v) is 5.20. The predicted molar refractivity (Wildman–Crippen MR) is 80.8 cm³/mol. The molecule has 0 aromatic heterocycles. The van der Waals surface area contributed by atoms with Crippen LogP contribution in [0.3, 0.4) is 0 Å². The van der Waals surface area contributed by atoms with Crippen molar-refractivity contribution in [2.45, 2.75) is 18.9 Å². The van der Waals surface area contributed by atoms with Gasteiger partial charge < -0.3 is 9.47 Å². The standard InChI is InChI=1S/C18H18O3/c19-18(11-6-14-4-2-1-3-5-14)15-7-9-16(10-8-15)20-12-17-13-21-17/h1-5,7-10,17H,6,11-13H2/t17-/m0/s1. The van der Waals surface area contributed by atoms with Crippen molar-refractivity contribution in [1.82, 2.24) is 0 Å². The molecular weight excluding hydrogens is 264 g/mol. The number of aryl methyl sites for hydroxylation is 1. The van der Waals surface area contributed by atoms with Crippen LogP contribution in [0, 0.1) is 0 Å². The van der Waals surface area contributed by atoms with Crippen LogP contribution < -0.4 is 4.74 Å². The fraction of sp³-hybridized carbons (Fsp3) is 0.278. The molecule has 1 aliphatic heterocycles. The quantitative estimate of drug-likeness (QED) is 0.578. The number of benzene rings is 2. The van der Waals surface area contributed by atoms with Crippen LogP contribution in [0.25, 0.3) is 0 Å². The van der Waals surface area contributed by atoms with Gasteiger partial charge in [0.1, 0.15) is 18.5 Å². The first-order valence-corrected chi connectivity index (χ1v) is 7.23. The fourth-order valence-electron chi connectivity index (χ4n) is 2.14. The lowest BCUT2D eigenvalue weighted by Gasteiger charge is -2.05. The number of ether oxygens (including phenoxy) is 2. The average molecular weight is 282 g/mol. The van der Waals surface area contributed by atoms with Gasteiger partial charge >= 0.3 is 0 Å². The molecule has 1 saturated heterocycles. The van der Waals surface area contributed by atoms with Gasteiger partial charge in [-0.15, -0.1) is 0 Å². The summed E-state index contributed by atoms with van der Waals surface area (Å²) >= 11 is 0. The molecule has 1 atom stereocenters. The van der Waals surface area contributed by atoms with E-state index in [9.17, 15) is 4.79 Å². The van der Waals surface area contributed by atoms with Gasteiger partial charge in [-0.2, -0.15) is 0 Å². The number of carbonyl (C=O) groups excluding carboxylic acids is 1. The topological polar surface area (TPSA) is 38.8 Å². The van der Waals surface area contributed by atoms with Crippen LogP contribution in [0.15, 0.2) is 54.6 Å². The Labute approximate surface area is 124 Å². The molecule has 1 aliphatic rings. The Hall–Kier alpha value is -2.13. The third-order valence-electron chi connectivity index (χ3n) is 3.50. The second kappa shape index (κ2) is 6.55. The first kappa shape index (κ1) is 13.8. The third-order valence-corrected chi connectivity index (χ3v) is 3.50. The van der Waals surface area contributed by atoms with E-state index in [0.29, 0.717) is 13.0 Å². The number of ketones is 1. The molecule has 0 unspecified atom stereocenters. The Morgan fingerprint density at radius 1 is 1.10 bits per heavy atom. The Kier molecular flexibility index (Phi) is 4.31. The average Bonchev–Trinajstić information content (AvgIpc) is 3.36. The Morgan fingerprint density at radius 3 is 2.48 bits per heavy atom. The van der Waals surface area contributed by atoms with E-state index in [-0.39, 0.29) is 11.9 Å². The van der Waals surface area contributed by atoms with E-state index in [0.717, 1.165) is 24.3 Å². The summed E-state index contributed by atoms with van der Waals surface area (Å²) < 4.78 is 10.6. The second-order valence-electron chi connectivity index (χ2n) is 5.20. The van der Waals surface area contributed by atoms with Crippen molar-refractivity contribution in [3.63, 3.8) is 0 Å². The molecule has 21 heavy (non-hydrogen) atoms.